The van der Waals surface area contributed by atoms with Crippen molar-refractivity contribution in [1.82, 2.24) is 0 Å². The Morgan fingerprint density at radius 2 is 0.911 bits per heavy atom. The van der Waals surface area contributed by atoms with E-state index in [0.29, 0.717) is 10.8 Å². The summed E-state index contributed by atoms with van der Waals surface area (Å²) in [6.45, 7) is 0. The van der Waals surface area contributed by atoms with Crippen molar-refractivity contribution < 1.29 is 31.8 Å². The summed E-state index contributed by atoms with van der Waals surface area (Å²) in [5.41, 5.74) is -2.69. The van der Waals surface area contributed by atoms with Crippen molar-refractivity contribution in [2.24, 2.45) is 0 Å². The molecule has 0 radical (unpaired) electrons. The largest absolute Gasteiger partial charge is 0.456 e. The average Bonchev–Trinajstić information content (AvgIpc) is 3.70. The van der Waals surface area contributed by atoms with Gasteiger partial charge >= 0.3 is 0 Å². The second kappa shape index (κ2) is 10.4. The van der Waals surface area contributed by atoms with Crippen molar-refractivity contribution in [3.63, 3.8) is 0 Å². The van der Waals surface area contributed by atoms with Crippen molar-refractivity contribution in [2.45, 2.75) is 0 Å². The molecule has 0 bridgehead atoms. The molecule has 9 rings (SSSR count). The van der Waals surface area contributed by atoms with Crippen molar-refractivity contribution >= 4 is 43.5 Å². The molecule has 45 heavy (non-hydrogen) atoms. The zero-order chi connectivity index (χ0) is 47.1. The molecule has 0 atom stereocenters. The van der Waals surface area contributed by atoms with Gasteiger partial charge in [0.05, 0.1) is 27.4 Å². The standard InChI is InChI=1S/C44H28O/c1-3-13-29(14-4-1)31-17-11-18-33(27-31)42-34-19-7-9-21-36(34)43(37-22-10-8-20-35(37)42)38-23-12-24-41-44(38)39-28-32(25-26-40(39)45-41)30-15-5-2-6-16-30/h1-28H/i1D,2D,3D,4D,5D,6D,11D,12D,13D,14D,15D,16D,17D,18D,23D,24D,25D,26D,27D,28D. The lowest BCUT2D eigenvalue weighted by molar-refractivity contribution is 0.669. The summed E-state index contributed by atoms with van der Waals surface area (Å²) in [5, 5.41) is 0.802. The second-order valence-electron chi connectivity index (χ2n) is 10.1. The third-order valence-electron chi connectivity index (χ3n) is 7.63. The van der Waals surface area contributed by atoms with Crippen LogP contribution in [0.15, 0.2) is 174 Å². The zero-order valence-corrected chi connectivity index (χ0v) is 23.0. The molecule has 0 unspecified atom stereocenters. The Bertz CT molecular complexity index is 3550. The fourth-order valence-corrected chi connectivity index (χ4v) is 5.78. The molecule has 1 heteroatoms. The molecule has 0 N–H and O–H groups in total. The molecule has 0 aliphatic heterocycles. The van der Waals surface area contributed by atoms with E-state index in [-0.39, 0.29) is 49.4 Å². The fourth-order valence-electron chi connectivity index (χ4n) is 5.78. The average molecular weight is 593 g/mol. The minimum Gasteiger partial charge on any atom is -0.456 e. The van der Waals surface area contributed by atoms with E-state index in [4.69, 9.17) is 26.3 Å². The van der Waals surface area contributed by atoms with Crippen LogP contribution in [0, 0.1) is 0 Å². The van der Waals surface area contributed by atoms with E-state index in [0.717, 1.165) is 0 Å². The van der Waals surface area contributed by atoms with E-state index < -0.39 is 149 Å². The van der Waals surface area contributed by atoms with Gasteiger partial charge in [0.25, 0.3) is 0 Å². The molecule has 0 saturated carbocycles. The molecule has 8 aromatic carbocycles. The van der Waals surface area contributed by atoms with Crippen molar-refractivity contribution in [3.8, 4) is 44.5 Å². The van der Waals surface area contributed by atoms with Crippen LogP contribution in [0.25, 0.3) is 88.0 Å². The van der Waals surface area contributed by atoms with Crippen molar-refractivity contribution in [2.75, 3.05) is 0 Å². The van der Waals surface area contributed by atoms with Crippen LogP contribution in [0.1, 0.15) is 27.4 Å². The van der Waals surface area contributed by atoms with E-state index in [1.165, 1.54) is 0 Å². The summed E-state index contributed by atoms with van der Waals surface area (Å²) in [6.07, 6.45) is 0. The van der Waals surface area contributed by atoms with Crippen molar-refractivity contribution in [3.05, 3.63) is 169 Å². The SMILES string of the molecule is [2H]c1c([2H])c([2H])c(-c2c([2H])c([2H])c([2H])c(-c3c4ccccc4c(-c4c([2H])c([2H])c([2H])c5oc6c([2H])c([2H])c(-c7c([2H])c([2H])c([2H])c([2H])c7[2H])c([2H])c6c45)c4ccccc34)c2[2H])c([2H])c1[2H]. The summed E-state index contributed by atoms with van der Waals surface area (Å²) in [7, 11) is 0. The summed E-state index contributed by atoms with van der Waals surface area (Å²) in [5.74, 6) is 0. The highest BCUT2D eigenvalue weighted by Gasteiger charge is 2.20. The van der Waals surface area contributed by atoms with E-state index in [1.54, 1.807) is 48.5 Å². The van der Waals surface area contributed by atoms with Crippen LogP contribution in [-0.2, 0) is 0 Å². The maximum atomic E-state index is 9.58. The first kappa shape index (κ1) is 12.6. The number of benzene rings is 8. The van der Waals surface area contributed by atoms with Gasteiger partial charge in [-0.25, -0.2) is 0 Å². The molecule has 0 spiro atoms. The van der Waals surface area contributed by atoms with Crippen LogP contribution >= 0.6 is 0 Å². The summed E-state index contributed by atoms with van der Waals surface area (Å²) in [4.78, 5) is 0. The molecule has 0 amide bonds. The number of hydrogen-bond acceptors (Lipinski definition) is 1. The van der Waals surface area contributed by atoms with Gasteiger partial charge in [-0.3, -0.25) is 0 Å². The molecule has 0 saturated heterocycles. The van der Waals surface area contributed by atoms with Gasteiger partial charge in [0.2, 0.25) is 0 Å². The lowest BCUT2D eigenvalue weighted by atomic mass is 9.84. The number of furan rings is 1. The van der Waals surface area contributed by atoms with Crippen molar-refractivity contribution in [1.29, 1.82) is 0 Å². The predicted octanol–water partition coefficient (Wildman–Crippen LogP) is 12.6. The van der Waals surface area contributed by atoms with Gasteiger partial charge < -0.3 is 4.42 Å². The molecule has 210 valence electrons. The third-order valence-corrected chi connectivity index (χ3v) is 7.63. The van der Waals surface area contributed by atoms with Gasteiger partial charge in [-0.1, -0.05) is 145 Å². The number of fused-ring (bicyclic) bond motifs is 5. The smallest absolute Gasteiger partial charge is 0.136 e. The molecule has 1 heterocycles. The zero-order valence-electron chi connectivity index (χ0n) is 43.0. The maximum Gasteiger partial charge on any atom is 0.136 e. The highest BCUT2D eigenvalue weighted by atomic mass is 16.3. The van der Waals surface area contributed by atoms with Gasteiger partial charge in [-0.05, 0) is 90.2 Å². The second-order valence-corrected chi connectivity index (χ2v) is 10.1. The molecular formula is C44H28O. The molecule has 9 aromatic rings. The van der Waals surface area contributed by atoms with Gasteiger partial charge in [-0.15, -0.1) is 0 Å². The minimum atomic E-state index is -0.745. The van der Waals surface area contributed by atoms with Crippen LogP contribution in [0.4, 0.5) is 0 Å². The Morgan fingerprint density at radius 1 is 0.378 bits per heavy atom. The molecule has 1 nitrogen and oxygen atoms in total. The predicted molar refractivity (Wildman–Crippen MR) is 190 cm³/mol. The van der Waals surface area contributed by atoms with E-state index >= 15 is 0 Å². The molecule has 1 aromatic heterocycles. The van der Waals surface area contributed by atoms with Gasteiger partial charge in [0.1, 0.15) is 11.2 Å². The first-order chi connectivity index (χ1) is 30.7. The first-order valence-corrected chi connectivity index (χ1v) is 13.8. The molecule has 0 aliphatic carbocycles. The van der Waals surface area contributed by atoms with Crippen LogP contribution < -0.4 is 0 Å². The molecular weight excluding hydrogens is 544 g/mol. The Kier molecular flexibility index (Phi) is 2.90. The van der Waals surface area contributed by atoms with E-state index in [1.807, 2.05) is 0 Å². The van der Waals surface area contributed by atoms with Crippen LogP contribution in [-0.4, -0.2) is 0 Å². The number of rotatable bonds is 4. The van der Waals surface area contributed by atoms with Crippen LogP contribution in [0.2, 0.25) is 0 Å². The van der Waals surface area contributed by atoms with Crippen LogP contribution in [0.3, 0.4) is 0 Å². The Hall–Kier alpha value is -5.92. The van der Waals surface area contributed by atoms with Crippen LogP contribution in [0.5, 0.6) is 0 Å². The first-order valence-electron chi connectivity index (χ1n) is 23.8. The summed E-state index contributed by atoms with van der Waals surface area (Å²) < 4.78 is 182. The minimum absolute atomic E-state index is 0.0870. The molecule has 0 aliphatic rings. The summed E-state index contributed by atoms with van der Waals surface area (Å²) in [6, 6.07) is -0.504. The monoisotopic (exact) mass is 592 g/mol. The Labute approximate surface area is 289 Å². The van der Waals surface area contributed by atoms with E-state index in [2.05, 4.69) is 0 Å². The number of hydrogen-bond donors (Lipinski definition) is 0. The lowest BCUT2D eigenvalue weighted by Gasteiger charge is -2.18. The maximum absolute atomic E-state index is 9.58. The van der Waals surface area contributed by atoms with Gasteiger partial charge in [-0.2, -0.15) is 0 Å². The molecule has 0 fully saturated rings. The fraction of sp³-hybridized carbons (Fsp3) is 0. The topological polar surface area (TPSA) is 13.1 Å². The normalized spacial score (nSPS) is 17.8. The third kappa shape index (κ3) is 4.17. The Balaban J connectivity index is 1.48. The highest BCUT2D eigenvalue weighted by Crippen LogP contribution is 2.47. The van der Waals surface area contributed by atoms with Gasteiger partial charge in [0.15, 0.2) is 0 Å². The van der Waals surface area contributed by atoms with Gasteiger partial charge in [0, 0.05) is 10.8 Å². The Morgan fingerprint density at radius 3 is 1.56 bits per heavy atom. The highest BCUT2D eigenvalue weighted by molar-refractivity contribution is 6.25. The summed E-state index contributed by atoms with van der Waals surface area (Å²) >= 11 is 0. The quantitative estimate of drug-likeness (QED) is 0.185. The lowest BCUT2D eigenvalue weighted by Crippen LogP contribution is -1.91. The van der Waals surface area contributed by atoms with E-state index in [9.17, 15) is 5.48 Å².